The Morgan fingerprint density at radius 3 is 2.05 bits per heavy atom. The first kappa shape index (κ1) is 17.0. The Labute approximate surface area is 120 Å². The van der Waals surface area contributed by atoms with E-state index in [4.69, 9.17) is 4.74 Å². The molecule has 0 aromatic rings. The minimum absolute atomic E-state index is 0.315. The predicted molar refractivity (Wildman–Crippen MR) is 83.7 cm³/mol. The minimum Gasteiger partial charge on any atom is -0.381 e. The molecule has 0 atom stereocenters. The van der Waals surface area contributed by atoms with E-state index < -0.39 is 0 Å². The smallest absolute Gasteiger partial charge is 0.0514 e. The van der Waals surface area contributed by atoms with E-state index in [0.29, 0.717) is 5.41 Å². The van der Waals surface area contributed by atoms with Crippen LogP contribution in [0.4, 0.5) is 0 Å². The molecule has 19 heavy (non-hydrogen) atoms. The zero-order valence-corrected chi connectivity index (χ0v) is 13.5. The summed E-state index contributed by atoms with van der Waals surface area (Å²) < 4.78 is 5.69. The van der Waals surface area contributed by atoms with Gasteiger partial charge in [0.15, 0.2) is 0 Å². The number of rotatable bonds is 10. The van der Waals surface area contributed by atoms with Gasteiger partial charge in [-0.3, -0.25) is 0 Å². The van der Waals surface area contributed by atoms with Gasteiger partial charge >= 0.3 is 0 Å². The molecule has 0 unspecified atom stereocenters. The summed E-state index contributed by atoms with van der Waals surface area (Å²) in [6.07, 6.45) is 11.0. The molecule has 2 nitrogen and oxygen atoms in total. The third-order valence-electron chi connectivity index (χ3n) is 3.75. The van der Waals surface area contributed by atoms with Gasteiger partial charge in [0, 0.05) is 6.61 Å². The zero-order valence-electron chi connectivity index (χ0n) is 13.5. The highest BCUT2D eigenvalue weighted by Gasteiger charge is 2.10. The van der Waals surface area contributed by atoms with E-state index >= 15 is 0 Å². The molecule has 1 heterocycles. The van der Waals surface area contributed by atoms with Gasteiger partial charge < -0.3 is 9.64 Å². The molecule has 0 bridgehead atoms. The van der Waals surface area contributed by atoms with Crippen LogP contribution in [0.15, 0.2) is 0 Å². The first-order valence-corrected chi connectivity index (χ1v) is 8.38. The number of unbranched alkanes of at least 4 members (excludes halogenated alkanes) is 5. The lowest BCUT2D eigenvalue weighted by atomic mass is 9.99. The van der Waals surface area contributed by atoms with Crippen molar-refractivity contribution in [3.63, 3.8) is 0 Å². The van der Waals surface area contributed by atoms with Crippen molar-refractivity contribution in [1.29, 1.82) is 0 Å². The van der Waals surface area contributed by atoms with Crippen molar-refractivity contribution in [3.05, 3.63) is 0 Å². The molecule has 0 aromatic carbocycles. The first-order chi connectivity index (χ1) is 9.08. The molecule has 1 saturated heterocycles. The fourth-order valence-corrected chi connectivity index (χ4v) is 2.63. The van der Waals surface area contributed by atoms with Gasteiger partial charge in [-0.2, -0.15) is 0 Å². The van der Waals surface area contributed by atoms with Crippen LogP contribution in [-0.2, 0) is 4.74 Å². The van der Waals surface area contributed by atoms with Gasteiger partial charge in [0.2, 0.25) is 0 Å². The Balaban J connectivity index is 1.74. The van der Waals surface area contributed by atoms with Gasteiger partial charge in [-0.15, -0.1) is 0 Å². The Morgan fingerprint density at radius 1 is 0.842 bits per heavy atom. The molecule has 0 amide bonds. The molecule has 1 aliphatic rings. The Hall–Kier alpha value is -0.0800. The molecule has 1 aliphatic heterocycles. The van der Waals surface area contributed by atoms with Gasteiger partial charge in [0.05, 0.1) is 6.61 Å². The van der Waals surface area contributed by atoms with E-state index in [9.17, 15) is 0 Å². The number of hydrogen-bond donors (Lipinski definition) is 0. The fourth-order valence-electron chi connectivity index (χ4n) is 2.63. The fraction of sp³-hybridized carbons (Fsp3) is 1.00. The molecular weight excluding hydrogens is 234 g/mol. The van der Waals surface area contributed by atoms with Crippen LogP contribution in [0.25, 0.3) is 0 Å². The lowest BCUT2D eigenvalue weighted by molar-refractivity contribution is 0.0686. The van der Waals surface area contributed by atoms with Crippen molar-refractivity contribution in [2.75, 3.05) is 32.8 Å². The van der Waals surface area contributed by atoms with Gasteiger partial charge in [-0.25, -0.2) is 0 Å². The number of ether oxygens (including phenoxy) is 1. The Morgan fingerprint density at radius 2 is 1.42 bits per heavy atom. The normalized spacial score (nSPS) is 17.2. The molecule has 2 heteroatoms. The molecule has 1 rings (SSSR count). The summed E-state index contributed by atoms with van der Waals surface area (Å²) in [6, 6.07) is 0. The molecule has 0 radical (unpaired) electrons. The van der Waals surface area contributed by atoms with E-state index in [0.717, 1.165) is 13.2 Å². The summed E-state index contributed by atoms with van der Waals surface area (Å²) in [6.45, 7) is 12.6. The second-order valence-corrected chi connectivity index (χ2v) is 7.28. The lowest BCUT2D eigenvalue weighted by Gasteiger charge is -2.17. The monoisotopic (exact) mass is 269 g/mol. The summed E-state index contributed by atoms with van der Waals surface area (Å²) in [7, 11) is 0. The highest BCUT2D eigenvalue weighted by Crippen LogP contribution is 2.14. The number of hydrogen-bond acceptors (Lipinski definition) is 2. The average Bonchev–Trinajstić information content (AvgIpc) is 2.83. The third-order valence-corrected chi connectivity index (χ3v) is 3.75. The van der Waals surface area contributed by atoms with E-state index in [1.54, 1.807) is 0 Å². The Kier molecular flexibility index (Phi) is 8.72. The maximum Gasteiger partial charge on any atom is 0.0514 e. The minimum atomic E-state index is 0.315. The highest BCUT2D eigenvalue weighted by atomic mass is 16.5. The topological polar surface area (TPSA) is 12.5 Å². The van der Waals surface area contributed by atoms with Gasteiger partial charge in [0.25, 0.3) is 0 Å². The zero-order chi connectivity index (χ0) is 14.0. The second kappa shape index (κ2) is 9.77. The van der Waals surface area contributed by atoms with Crippen LogP contribution in [0.3, 0.4) is 0 Å². The molecule has 1 fully saturated rings. The molecule has 0 saturated carbocycles. The maximum atomic E-state index is 5.69. The molecule has 0 aliphatic carbocycles. The van der Waals surface area contributed by atoms with E-state index in [1.165, 1.54) is 71.0 Å². The van der Waals surface area contributed by atoms with E-state index in [-0.39, 0.29) is 0 Å². The van der Waals surface area contributed by atoms with Crippen LogP contribution < -0.4 is 0 Å². The molecule has 114 valence electrons. The van der Waals surface area contributed by atoms with E-state index in [2.05, 4.69) is 25.7 Å². The van der Waals surface area contributed by atoms with E-state index in [1.807, 2.05) is 0 Å². The SMILES string of the molecule is CC(C)(C)COCCCCCCCCN1CCCC1. The van der Waals surface area contributed by atoms with Crippen molar-refractivity contribution in [2.24, 2.45) is 5.41 Å². The molecular formula is C17H35NO. The Bertz CT molecular complexity index is 204. The van der Waals surface area contributed by atoms with Crippen LogP contribution in [0.5, 0.6) is 0 Å². The van der Waals surface area contributed by atoms with Crippen LogP contribution in [0.1, 0.15) is 72.1 Å². The first-order valence-electron chi connectivity index (χ1n) is 8.38. The quantitative estimate of drug-likeness (QED) is 0.542. The predicted octanol–water partition coefficient (Wildman–Crippen LogP) is 4.49. The lowest BCUT2D eigenvalue weighted by Crippen LogP contribution is -2.20. The highest BCUT2D eigenvalue weighted by molar-refractivity contribution is 4.65. The largest absolute Gasteiger partial charge is 0.381 e. The van der Waals surface area contributed by atoms with Crippen LogP contribution in [0, 0.1) is 5.41 Å². The standard InChI is InChI=1S/C17H35NO/c1-17(2,3)16-19-15-11-7-5-4-6-8-12-18-13-9-10-14-18/h4-16H2,1-3H3. The van der Waals surface area contributed by atoms with Crippen molar-refractivity contribution in [1.82, 2.24) is 4.90 Å². The van der Waals surface area contributed by atoms with Crippen LogP contribution in [0.2, 0.25) is 0 Å². The maximum absolute atomic E-state index is 5.69. The number of likely N-dealkylation sites (tertiary alicyclic amines) is 1. The number of nitrogens with zero attached hydrogens (tertiary/aromatic N) is 1. The summed E-state index contributed by atoms with van der Waals surface area (Å²) in [5.41, 5.74) is 0.315. The summed E-state index contributed by atoms with van der Waals surface area (Å²) >= 11 is 0. The van der Waals surface area contributed by atoms with Crippen LogP contribution in [-0.4, -0.2) is 37.7 Å². The van der Waals surface area contributed by atoms with Crippen molar-refractivity contribution in [2.45, 2.75) is 72.1 Å². The van der Waals surface area contributed by atoms with Gasteiger partial charge in [-0.1, -0.05) is 46.5 Å². The second-order valence-electron chi connectivity index (χ2n) is 7.28. The van der Waals surface area contributed by atoms with Crippen molar-refractivity contribution < 1.29 is 4.74 Å². The van der Waals surface area contributed by atoms with Gasteiger partial charge in [0.1, 0.15) is 0 Å². The van der Waals surface area contributed by atoms with Gasteiger partial charge in [-0.05, 0) is 50.7 Å². The van der Waals surface area contributed by atoms with Crippen molar-refractivity contribution in [3.8, 4) is 0 Å². The van der Waals surface area contributed by atoms with Crippen LogP contribution >= 0.6 is 0 Å². The molecule has 0 aromatic heterocycles. The summed E-state index contributed by atoms with van der Waals surface area (Å²) in [5, 5.41) is 0. The molecule has 0 N–H and O–H groups in total. The van der Waals surface area contributed by atoms with Crippen molar-refractivity contribution >= 4 is 0 Å². The molecule has 0 spiro atoms. The average molecular weight is 269 g/mol. The third kappa shape index (κ3) is 10.4. The summed E-state index contributed by atoms with van der Waals surface area (Å²) in [4.78, 5) is 2.63. The summed E-state index contributed by atoms with van der Waals surface area (Å²) in [5.74, 6) is 0.